The van der Waals surface area contributed by atoms with Gasteiger partial charge in [-0.1, -0.05) is 5.16 Å². The van der Waals surface area contributed by atoms with Gasteiger partial charge >= 0.3 is 5.97 Å². The predicted octanol–water partition coefficient (Wildman–Crippen LogP) is -2.48. The number of aliphatic carboxylic acids is 2. The van der Waals surface area contributed by atoms with E-state index in [1.165, 1.54) is 25.6 Å². The molecule has 1 fully saturated rings. The number of carbonyl (C=O) groups excluding carboxylic acids is 3. The summed E-state index contributed by atoms with van der Waals surface area (Å²) >= 11 is 2.01. The summed E-state index contributed by atoms with van der Waals surface area (Å²) < 4.78 is 7.46. The topological polar surface area (TPSA) is 261 Å². The van der Waals surface area contributed by atoms with Crippen molar-refractivity contribution in [3.05, 3.63) is 28.9 Å². The first-order valence-corrected chi connectivity index (χ1v) is 14.4. The van der Waals surface area contributed by atoms with Gasteiger partial charge in [0.15, 0.2) is 17.5 Å². The second-order valence-electron chi connectivity index (χ2n) is 10.2. The van der Waals surface area contributed by atoms with Crippen molar-refractivity contribution in [3.63, 3.8) is 0 Å². The van der Waals surface area contributed by atoms with Crippen molar-refractivity contribution in [2.24, 2.45) is 10.9 Å². The van der Waals surface area contributed by atoms with Crippen LogP contribution in [0.15, 0.2) is 22.6 Å². The van der Waals surface area contributed by atoms with Gasteiger partial charge in [-0.25, -0.2) is 4.79 Å². The molecular weight excluding hydrogens is 592 g/mol. The van der Waals surface area contributed by atoms with E-state index in [2.05, 4.69) is 19.8 Å². The van der Waals surface area contributed by atoms with Crippen molar-refractivity contribution in [1.82, 2.24) is 24.3 Å². The number of anilines is 2. The minimum atomic E-state index is -1.80. The third-order valence-corrected chi connectivity index (χ3v) is 8.38. The van der Waals surface area contributed by atoms with Crippen LogP contribution in [0, 0.1) is 0 Å². The molecule has 0 spiro atoms. The molecule has 2 aromatic heterocycles. The van der Waals surface area contributed by atoms with Gasteiger partial charge in [0.2, 0.25) is 23.3 Å². The quantitative estimate of drug-likeness (QED) is 0.0753. The van der Waals surface area contributed by atoms with E-state index in [0.29, 0.717) is 17.0 Å². The summed E-state index contributed by atoms with van der Waals surface area (Å²) in [5.41, 5.74) is 16.2. The minimum absolute atomic E-state index is 0.00909. The van der Waals surface area contributed by atoms with Gasteiger partial charge in [0, 0.05) is 29.4 Å². The Bertz CT molecular complexity index is 1510. The fourth-order valence-corrected chi connectivity index (χ4v) is 6.13. The van der Waals surface area contributed by atoms with Gasteiger partial charge in [-0.3, -0.25) is 14.5 Å². The highest BCUT2D eigenvalue weighted by Crippen LogP contribution is 2.40. The first kappa shape index (κ1) is 30.7. The van der Waals surface area contributed by atoms with Crippen molar-refractivity contribution in [3.8, 4) is 0 Å². The van der Waals surface area contributed by atoms with Gasteiger partial charge in [0.25, 0.3) is 11.8 Å². The molecule has 8 N–H and O–H groups in total. The lowest BCUT2D eigenvalue weighted by Gasteiger charge is -2.50. The summed E-state index contributed by atoms with van der Waals surface area (Å²) in [4.78, 5) is 60.2. The molecule has 1 saturated heterocycles. The number of carbonyl (C=O) groups is 4. The highest BCUT2D eigenvalue weighted by atomic mass is 32.2. The SMILES string of the molecule is CC(C)n1c(N)c(CN)c[n+]1CC1=C(C(=O)[O-])N2C(=O)[C@@H](NC(=O)/C(=N\OC(C)(C)C(=O)O)c3nsc(N)n3)[C@H]2SC1. The number of nitrogens with zero attached hydrogens (tertiary/aromatic N) is 6. The molecule has 2 aliphatic heterocycles. The van der Waals surface area contributed by atoms with Crippen LogP contribution in [0.1, 0.15) is 45.1 Å². The number of hydrogen-bond acceptors (Lipinski definition) is 14. The fourth-order valence-electron chi connectivity index (χ4n) is 4.36. The Kier molecular flexibility index (Phi) is 8.46. The van der Waals surface area contributed by atoms with Gasteiger partial charge in [0.05, 0.1) is 23.3 Å². The van der Waals surface area contributed by atoms with E-state index in [-0.39, 0.29) is 41.5 Å². The summed E-state index contributed by atoms with van der Waals surface area (Å²) in [5, 5.41) is 27.0. The molecule has 0 aromatic carbocycles. The normalized spacial score (nSPS) is 19.0. The van der Waals surface area contributed by atoms with Gasteiger partial charge in [-0.2, -0.15) is 9.36 Å². The molecule has 42 heavy (non-hydrogen) atoms. The standard InChI is InChI=1S/C23H30N10O7S2/c1-9(2)33-15(25)10(5-24)6-31(33)7-11-8-41-19-13(18(35)32(19)14(11)20(36)37)27-17(34)12(16-28-22(26)42-30-16)29-40-23(3,4)21(38)39/h6,9,13,19,25H,5,7-8,24H2,1-4H3,(H5,26,27,28,30,34,36,37,38,39)/b29-12-/t13-,19-/m1/s1. The van der Waals surface area contributed by atoms with Crippen LogP contribution in [0.2, 0.25) is 0 Å². The number of aromatic nitrogens is 4. The maximum Gasteiger partial charge on any atom is 0.350 e. The van der Waals surface area contributed by atoms with Crippen molar-refractivity contribution >= 4 is 63.7 Å². The third-order valence-electron chi connectivity index (χ3n) is 6.50. The molecule has 2 amide bonds. The number of oxime groups is 1. The number of nitrogen functional groups attached to an aromatic ring is 2. The van der Waals surface area contributed by atoms with Crippen LogP contribution in [0.5, 0.6) is 0 Å². The highest BCUT2D eigenvalue weighted by molar-refractivity contribution is 8.00. The molecule has 0 unspecified atom stereocenters. The van der Waals surface area contributed by atoms with Gasteiger partial charge in [-0.05, 0) is 27.7 Å². The number of carboxylic acid groups (broad SMARTS) is 2. The molecule has 4 heterocycles. The average molecular weight is 623 g/mol. The summed E-state index contributed by atoms with van der Waals surface area (Å²) in [6.45, 7) is 6.57. The molecule has 2 aliphatic rings. The smallest absolute Gasteiger partial charge is 0.350 e. The number of nitrogens with one attached hydrogen (secondary N) is 1. The Hall–Kier alpha value is -4.23. The van der Waals surface area contributed by atoms with Crippen molar-refractivity contribution < 1.29 is 38.9 Å². The molecule has 2 atom stereocenters. The first-order valence-electron chi connectivity index (χ1n) is 12.5. The second kappa shape index (κ2) is 11.6. The zero-order valence-corrected chi connectivity index (χ0v) is 24.7. The lowest BCUT2D eigenvalue weighted by Crippen LogP contribution is -2.71. The van der Waals surface area contributed by atoms with E-state index in [4.69, 9.17) is 22.0 Å². The second-order valence-corrected chi connectivity index (χ2v) is 12.1. The van der Waals surface area contributed by atoms with Gasteiger partial charge < -0.3 is 42.4 Å². The van der Waals surface area contributed by atoms with E-state index in [1.807, 2.05) is 13.8 Å². The average Bonchev–Trinajstić information content (AvgIpc) is 3.48. The largest absolute Gasteiger partial charge is 0.543 e. The Balaban J connectivity index is 1.59. The van der Waals surface area contributed by atoms with Crippen molar-refractivity contribution in [2.45, 2.75) is 63.8 Å². The van der Waals surface area contributed by atoms with Crippen LogP contribution in [0.3, 0.4) is 0 Å². The van der Waals surface area contributed by atoms with Crippen LogP contribution in [-0.2, 0) is 37.1 Å². The minimum Gasteiger partial charge on any atom is -0.543 e. The van der Waals surface area contributed by atoms with Crippen LogP contribution in [0.25, 0.3) is 0 Å². The Labute approximate surface area is 247 Å². The monoisotopic (exact) mass is 622 g/mol. The lowest BCUT2D eigenvalue weighted by molar-refractivity contribution is -0.769. The number of carboxylic acids is 2. The van der Waals surface area contributed by atoms with E-state index in [0.717, 1.165) is 16.4 Å². The molecule has 0 aliphatic carbocycles. The predicted molar refractivity (Wildman–Crippen MR) is 148 cm³/mol. The molecule has 19 heteroatoms. The van der Waals surface area contributed by atoms with Gasteiger partial charge in [0.1, 0.15) is 11.4 Å². The molecule has 2 aromatic rings. The zero-order chi connectivity index (χ0) is 31.1. The Morgan fingerprint density at radius 2 is 2.05 bits per heavy atom. The molecule has 4 rings (SSSR count). The fraction of sp³-hybridized carbons (Fsp3) is 0.478. The van der Waals surface area contributed by atoms with E-state index < -0.39 is 46.5 Å². The Morgan fingerprint density at radius 1 is 1.36 bits per heavy atom. The number of nitrogens with two attached hydrogens (primary N) is 3. The summed E-state index contributed by atoms with van der Waals surface area (Å²) in [7, 11) is 0. The van der Waals surface area contributed by atoms with Crippen LogP contribution in [0.4, 0.5) is 10.9 Å². The van der Waals surface area contributed by atoms with Crippen LogP contribution in [-0.4, -0.2) is 76.3 Å². The van der Waals surface area contributed by atoms with E-state index in [1.54, 1.807) is 15.6 Å². The summed E-state index contributed by atoms with van der Waals surface area (Å²) in [5.74, 6) is -4.12. The molecular formula is C23H30N10O7S2. The van der Waals surface area contributed by atoms with E-state index >= 15 is 0 Å². The molecule has 0 bridgehead atoms. The maximum absolute atomic E-state index is 13.2. The van der Waals surface area contributed by atoms with Crippen LogP contribution >= 0.6 is 23.3 Å². The highest BCUT2D eigenvalue weighted by Gasteiger charge is 2.53. The number of amides is 2. The summed E-state index contributed by atoms with van der Waals surface area (Å²) in [6.07, 6.45) is 1.74. The Morgan fingerprint density at radius 3 is 2.60 bits per heavy atom. The maximum atomic E-state index is 13.2. The number of β-lactam (4-membered cyclic amide) rings is 1. The number of rotatable bonds is 11. The molecule has 0 radical (unpaired) electrons. The molecule has 226 valence electrons. The molecule has 17 nitrogen and oxygen atoms in total. The van der Waals surface area contributed by atoms with Gasteiger partial charge in [-0.15, -0.1) is 21.1 Å². The number of thioether (sulfide) groups is 1. The van der Waals surface area contributed by atoms with E-state index in [9.17, 15) is 29.4 Å². The molecule has 0 saturated carbocycles. The number of fused-ring (bicyclic) bond motifs is 1. The lowest BCUT2D eigenvalue weighted by atomic mass is 10.0. The zero-order valence-electron chi connectivity index (χ0n) is 23.1. The summed E-state index contributed by atoms with van der Waals surface area (Å²) in [6, 6.07) is -1.20. The van der Waals surface area contributed by atoms with Crippen LogP contribution < -0.4 is 32.3 Å². The first-order chi connectivity index (χ1) is 19.7. The third kappa shape index (κ3) is 5.61. The van der Waals surface area contributed by atoms with Crippen molar-refractivity contribution in [2.75, 3.05) is 17.2 Å². The van der Waals surface area contributed by atoms with Crippen molar-refractivity contribution in [1.29, 1.82) is 0 Å². The number of hydrogen-bond donors (Lipinski definition) is 5.